The molecule has 1 unspecified atom stereocenters. The summed E-state index contributed by atoms with van der Waals surface area (Å²) in [6.45, 7) is 0.450. The van der Waals surface area contributed by atoms with E-state index in [4.69, 9.17) is 0 Å². The second-order valence-corrected chi connectivity index (χ2v) is 7.29. The SMILES string of the molecule is CN(Cc1nc2ccccc2s1)C(=O)C1(O)CCSC1. The van der Waals surface area contributed by atoms with Crippen molar-refractivity contribution in [2.75, 3.05) is 18.6 Å². The molecule has 106 valence electrons. The van der Waals surface area contributed by atoms with E-state index < -0.39 is 5.60 Å². The van der Waals surface area contributed by atoms with Crippen LogP contribution in [0, 0.1) is 0 Å². The first-order valence-electron chi connectivity index (χ1n) is 6.49. The zero-order chi connectivity index (χ0) is 14.2. The van der Waals surface area contributed by atoms with Crippen LogP contribution in [0.25, 0.3) is 10.2 Å². The minimum Gasteiger partial charge on any atom is -0.379 e. The quantitative estimate of drug-likeness (QED) is 0.944. The second kappa shape index (κ2) is 5.35. The van der Waals surface area contributed by atoms with Crippen molar-refractivity contribution < 1.29 is 9.90 Å². The highest BCUT2D eigenvalue weighted by Crippen LogP contribution is 2.30. The van der Waals surface area contributed by atoms with Crippen LogP contribution in [0.15, 0.2) is 24.3 Å². The number of fused-ring (bicyclic) bond motifs is 1. The number of hydrogen-bond donors (Lipinski definition) is 1. The molecule has 6 heteroatoms. The van der Waals surface area contributed by atoms with E-state index in [1.54, 1.807) is 35.0 Å². The fourth-order valence-corrected chi connectivity index (χ4v) is 4.59. The number of carbonyl (C=O) groups is 1. The lowest BCUT2D eigenvalue weighted by Crippen LogP contribution is -2.47. The van der Waals surface area contributed by atoms with E-state index in [2.05, 4.69) is 4.98 Å². The van der Waals surface area contributed by atoms with Gasteiger partial charge >= 0.3 is 0 Å². The first-order chi connectivity index (χ1) is 9.58. The molecular formula is C14H16N2O2S2. The number of aliphatic hydroxyl groups is 1. The Balaban J connectivity index is 1.75. The molecule has 0 spiro atoms. The van der Waals surface area contributed by atoms with E-state index in [9.17, 15) is 9.90 Å². The number of amides is 1. The predicted molar refractivity (Wildman–Crippen MR) is 83.0 cm³/mol. The molecule has 0 saturated carbocycles. The van der Waals surface area contributed by atoms with Crippen molar-refractivity contribution in [1.29, 1.82) is 0 Å². The average molecular weight is 308 g/mol. The van der Waals surface area contributed by atoms with E-state index >= 15 is 0 Å². The van der Waals surface area contributed by atoms with Gasteiger partial charge in [-0.15, -0.1) is 11.3 Å². The normalized spacial score (nSPS) is 22.3. The van der Waals surface area contributed by atoms with Crippen LogP contribution in [0.1, 0.15) is 11.4 Å². The smallest absolute Gasteiger partial charge is 0.255 e. The number of rotatable bonds is 3. The summed E-state index contributed by atoms with van der Waals surface area (Å²) in [5.41, 5.74) is -0.223. The molecular weight excluding hydrogens is 292 g/mol. The topological polar surface area (TPSA) is 53.4 Å². The highest BCUT2D eigenvalue weighted by molar-refractivity contribution is 7.99. The number of hydrogen-bond acceptors (Lipinski definition) is 5. The summed E-state index contributed by atoms with van der Waals surface area (Å²) in [4.78, 5) is 18.4. The van der Waals surface area contributed by atoms with Crippen molar-refractivity contribution in [3.63, 3.8) is 0 Å². The Morgan fingerprint density at radius 1 is 1.50 bits per heavy atom. The lowest BCUT2D eigenvalue weighted by Gasteiger charge is -2.26. The Labute approximate surface area is 125 Å². The van der Waals surface area contributed by atoms with Crippen LogP contribution in [0.3, 0.4) is 0 Å². The van der Waals surface area contributed by atoms with Crippen LogP contribution in [0.2, 0.25) is 0 Å². The summed E-state index contributed by atoms with van der Waals surface area (Å²) in [6.07, 6.45) is 0.542. The molecule has 1 atom stereocenters. The minimum absolute atomic E-state index is 0.193. The van der Waals surface area contributed by atoms with Crippen molar-refractivity contribution >= 4 is 39.2 Å². The third kappa shape index (κ3) is 2.55. The number of thiazole rings is 1. The molecule has 1 amide bonds. The number of carbonyl (C=O) groups excluding carboxylic acids is 1. The van der Waals surface area contributed by atoms with Gasteiger partial charge in [0.05, 0.1) is 16.8 Å². The highest BCUT2D eigenvalue weighted by atomic mass is 32.2. The molecule has 1 aromatic heterocycles. The van der Waals surface area contributed by atoms with Gasteiger partial charge in [0.25, 0.3) is 5.91 Å². The van der Waals surface area contributed by atoms with Gasteiger partial charge in [-0.2, -0.15) is 11.8 Å². The summed E-state index contributed by atoms with van der Waals surface area (Å²) in [5.74, 6) is 1.15. The van der Waals surface area contributed by atoms with Gasteiger partial charge in [0, 0.05) is 12.8 Å². The van der Waals surface area contributed by atoms with Gasteiger partial charge in [-0.3, -0.25) is 4.79 Å². The standard InChI is InChI=1S/C14H16N2O2S2/c1-16(13(17)14(18)6-7-19-9-14)8-12-15-10-4-2-3-5-11(10)20-12/h2-5,18H,6-9H2,1H3. The van der Waals surface area contributed by atoms with Gasteiger partial charge in [-0.25, -0.2) is 4.98 Å². The number of nitrogens with zero attached hydrogens (tertiary/aromatic N) is 2. The average Bonchev–Trinajstić information content (AvgIpc) is 3.04. The van der Waals surface area contributed by atoms with Gasteiger partial charge in [0.1, 0.15) is 5.01 Å². The molecule has 1 aliphatic rings. The lowest BCUT2D eigenvalue weighted by molar-refractivity contribution is -0.147. The Bertz CT molecular complexity index is 602. The summed E-state index contributed by atoms with van der Waals surface area (Å²) < 4.78 is 1.12. The van der Waals surface area contributed by atoms with Crippen molar-refractivity contribution in [3.8, 4) is 0 Å². The molecule has 1 aromatic carbocycles. The summed E-state index contributed by atoms with van der Waals surface area (Å²) in [5, 5.41) is 11.2. The van der Waals surface area contributed by atoms with E-state index in [0.29, 0.717) is 18.7 Å². The molecule has 1 aliphatic heterocycles. The van der Waals surface area contributed by atoms with Crippen LogP contribution in [0.5, 0.6) is 0 Å². The van der Waals surface area contributed by atoms with Gasteiger partial charge in [-0.1, -0.05) is 12.1 Å². The number of benzene rings is 1. The fourth-order valence-electron chi connectivity index (χ4n) is 2.34. The van der Waals surface area contributed by atoms with Gasteiger partial charge in [0.2, 0.25) is 0 Å². The molecule has 20 heavy (non-hydrogen) atoms. The van der Waals surface area contributed by atoms with Crippen LogP contribution in [-0.4, -0.2) is 45.1 Å². The summed E-state index contributed by atoms with van der Waals surface area (Å²) >= 11 is 3.22. The molecule has 4 nitrogen and oxygen atoms in total. The molecule has 1 fully saturated rings. The van der Waals surface area contributed by atoms with Gasteiger partial charge < -0.3 is 10.0 Å². The number of para-hydroxylation sites is 1. The molecule has 0 bridgehead atoms. The lowest BCUT2D eigenvalue weighted by atomic mass is 10.0. The number of aromatic nitrogens is 1. The first-order valence-corrected chi connectivity index (χ1v) is 8.46. The molecule has 1 N–H and O–H groups in total. The third-order valence-electron chi connectivity index (χ3n) is 3.46. The fraction of sp³-hybridized carbons (Fsp3) is 0.429. The molecule has 0 radical (unpaired) electrons. The zero-order valence-electron chi connectivity index (χ0n) is 11.2. The van der Waals surface area contributed by atoms with E-state index in [0.717, 1.165) is 21.0 Å². The Morgan fingerprint density at radius 3 is 3.00 bits per heavy atom. The maximum absolute atomic E-state index is 12.3. The zero-order valence-corrected chi connectivity index (χ0v) is 12.8. The first kappa shape index (κ1) is 13.9. The predicted octanol–water partition coefficient (Wildman–Crippen LogP) is 2.12. The molecule has 2 aromatic rings. The molecule has 1 saturated heterocycles. The maximum Gasteiger partial charge on any atom is 0.255 e. The minimum atomic E-state index is -1.18. The molecule has 3 rings (SSSR count). The van der Waals surface area contributed by atoms with Crippen LogP contribution in [0.4, 0.5) is 0 Å². The van der Waals surface area contributed by atoms with Crippen molar-refractivity contribution in [1.82, 2.24) is 9.88 Å². The second-order valence-electron chi connectivity index (χ2n) is 5.07. The summed E-state index contributed by atoms with van der Waals surface area (Å²) in [7, 11) is 1.73. The van der Waals surface area contributed by atoms with Crippen LogP contribution >= 0.6 is 23.1 Å². The molecule has 0 aliphatic carbocycles. The van der Waals surface area contributed by atoms with Gasteiger partial charge in [0.15, 0.2) is 5.60 Å². The Hall–Kier alpha value is -1.11. The highest BCUT2D eigenvalue weighted by Gasteiger charge is 2.41. The van der Waals surface area contributed by atoms with Gasteiger partial charge in [-0.05, 0) is 24.3 Å². The van der Waals surface area contributed by atoms with E-state index in [-0.39, 0.29) is 5.91 Å². The summed E-state index contributed by atoms with van der Waals surface area (Å²) in [6, 6.07) is 7.94. The van der Waals surface area contributed by atoms with Crippen molar-refractivity contribution in [2.45, 2.75) is 18.6 Å². The van der Waals surface area contributed by atoms with Crippen molar-refractivity contribution in [2.24, 2.45) is 0 Å². The largest absolute Gasteiger partial charge is 0.379 e. The Morgan fingerprint density at radius 2 is 2.30 bits per heavy atom. The maximum atomic E-state index is 12.3. The van der Waals surface area contributed by atoms with E-state index in [1.165, 1.54) is 0 Å². The van der Waals surface area contributed by atoms with Crippen LogP contribution in [-0.2, 0) is 11.3 Å². The molecule has 2 heterocycles. The van der Waals surface area contributed by atoms with Crippen LogP contribution < -0.4 is 0 Å². The number of thioether (sulfide) groups is 1. The number of likely N-dealkylation sites (N-methyl/N-ethyl adjacent to an activating group) is 1. The van der Waals surface area contributed by atoms with Crippen molar-refractivity contribution in [3.05, 3.63) is 29.3 Å². The monoisotopic (exact) mass is 308 g/mol. The Kier molecular flexibility index (Phi) is 3.70. The third-order valence-corrected chi connectivity index (χ3v) is 5.65. The van der Waals surface area contributed by atoms with E-state index in [1.807, 2.05) is 24.3 Å².